The number of hydrogen-bond acceptors (Lipinski definition) is 5. The summed E-state index contributed by atoms with van der Waals surface area (Å²) in [6.07, 6.45) is -0.958. The van der Waals surface area contributed by atoms with Gasteiger partial charge in [-0.05, 0) is 42.5 Å². The Hall–Kier alpha value is -1.25. The van der Waals surface area contributed by atoms with Crippen molar-refractivity contribution in [3.8, 4) is 0 Å². The molecule has 8 heteroatoms. The predicted octanol–water partition coefficient (Wildman–Crippen LogP) is 4.80. The van der Waals surface area contributed by atoms with Crippen LogP contribution in [0.4, 0.5) is 18.3 Å². The minimum Gasteiger partial charge on any atom is -0.378 e. The number of rotatable bonds is 6. The van der Waals surface area contributed by atoms with Crippen LogP contribution >= 0.6 is 23.1 Å². The predicted molar refractivity (Wildman–Crippen MR) is 106 cm³/mol. The third-order valence-electron chi connectivity index (χ3n) is 4.69. The Labute approximate surface area is 165 Å². The second-order valence-electron chi connectivity index (χ2n) is 6.47. The van der Waals surface area contributed by atoms with Gasteiger partial charge < -0.3 is 9.64 Å². The molecule has 1 fully saturated rings. The number of morpholine rings is 1. The van der Waals surface area contributed by atoms with Crippen molar-refractivity contribution in [2.45, 2.75) is 25.9 Å². The second-order valence-corrected chi connectivity index (χ2v) is 8.52. The van der Waals surface area contributed by atoms with Gasteiger partial charge in [-0.1, -0.05) is 12.1 Å². The fraction of sp³-hybridized carbons (Fsp3) is 0.526. The number of halogens is 3. The third-order valence-corrected chi connectivity index (χ3v) is 6.52. The van der Waals surface area contributed by atoms with Crippen molar-refractivity contribution in [3.63, 3.8) is 0 Å². The highest BCUT2D eigenvalue weighted by molar-refractivity contribution is 7.98. The van der Waals surface area contributed by atoms with Gasteiger partial charge >= 0.3 is 6.18 Å². The first-order valence-electron chi connectivity index (χ1n) is 8.86. The summed E-state index contributed by atoms with van der Waals surface area (Å²) in [6.45, 7) is 4.52. The highest BCUT2D eigenvalue weighted by Crippen LogP contribution is 2.35. The lowest BCUT2D eigenvalue weighted by Gasteiger charge is -2.26. The lowest BCUT2D eigenvalue weighted by molar-refractivity contribution is -0.138. The molecule has 27 heavy (non-hydrogen) atoms. The summed E-state index contributed by atoms with van der Waals surface area (Å²) in [4.78, 5) is 8.19. The van der Waals surface area contributed by atoms with E-state index in [1.54, 1.807) is 36.1 Å². The molecule has 3 rings (SSSR count). The molecule has 0 bridgehead atoms. The highest BCUT2D eigenvalue weighted by atomic mass is 32.2. The maximum absolute atomic E-state index is 13.2. The van der Waals surface area contributed by atoms with Crippen LogP contribution in [0.25, 0.3) is 0 Å². The minimum atomic E-state index is -4.33. The van der Waals surface area contributed by atoms with Gasteiger partial charge in [0.15, 0.2) is 5.13 Å². The molecule has 2 aromatic rings. The van der Waals surface area contributed by atoms with Crippen LogP contribution in [0.15, 0.2) is 18.2 Å². The van der Waals surface area contributed by atoms with Crippen LogP contribution in [0.2, 0.25) is 0 Å². The van der Waals surface area contributed by atoms with E-state index in [0.717, 1.165) is 42.2 Å². The fourth-order valence-corrected chi connectivity index (χ4v) is 4.82. The lowest BCUT2D eigenvalue weighted by atomic mass is 9.98. The number of aryl methyl sites for hydroxylation is 1. The first-order valence-corrected chi connectivity index (χ1v) is 11.1. The standard InChI is InChI=1S/C19H23F3N2OS2/c1-13-14(4-3-5-15(13)19(20,21)22)12-16-17(6-11-26-2)27-18(23-16)24-7-9-25-10-8-24/h3-5H,6-12H2,1-2H3. The monoisotopic (exact) mass is 416 g/mol. The van der Waals surface area contributed by atoms with E-state index in [-0.39, 0.29) is 0 Å². The van der Waals surface area contributed by atoms with Gasteiger partial charge in [0.25, 0.3) is 0 Å². The Morgan fingerprint density at radius 2 is 2.00 bits per heavy atom. The van der Waals surface area contributed by atoms with Crippen molar-refractivity contribution in [1.82, 2.24) is 4.98 Å². The molecule has 2 heterocycles. The number of nitrogens with zero attached hydrogens (tertiary/aromatic N) is 2. The van der Waals surface area contributed by atoms with E-state index >= 15 is 0 Å². The maximum Gasteiger partial charge on any atom is 0.416 e. The molecule has 1 aromatic carbocycles. The van der Waals surface area contributed by atoms with Gasteiger partial charge in [0.05, 0.1) is 24.5 Å². The summed E-state index contributed by atoms with van der Waals surface area (Å²) in [5, 5.41) is 0.953. The molecule has 3 nitrogen and oxygen atoms in total. The first-order chi connectivity index (χ1) is 12.9. The number of hydrogen-bond donors (Lipinski definition) is 0. The van der Waals surface area contributed by atoms with Crippen LogP contribution in [0.3, 0.4) is 0 Å². The molecule has 1 aliphatic heterocycles. The Morgan fingerprint density at radius 1 is 1.26 bits per heavy atom. The van der Waals surface area contributed by atoms with Crippen molar-refractivity contribution in [1.29, 1.82) is 0 Å². The van der Waals surface area contributed by atoms with Crippen molar-refractivity contribution in [2.75, 3.05) is 43.2 Å². The Kier molecular flexibility index (Phi) is 6.70. The van der Waals surface area contributed by atoms with E-state index in [1.165, 1.54) is 10.9 Å². The molecule has 1 aliphatic rings. The first kappa shape index (κ1) is 20.5. The van der Waals surface area contributed by atoms with E-state index in [9.17, 15) is 13.2 Å². The van der Waals surface area contributed by atoms with Crippen molar-refractivity contribution in [2.24, 2.45) is 0 Å². The largest absolute Gasteiger partial charge is 0.416 e. The number of thioether (sulfide) groups is 1. The Morgan fingerprint density at radius 3 is 2.67 bits per heavy atom. The molecule has 0 N–H and O–H groups in total. The quantitative estimate of drug-likeness (QED) is 0.675. The lowest BCUT2D eigenvalue weighted by Crippen LogP contribution is -2.36. The van der Waals surface area contributed by atoms with Crippen molar-refractivity contribution in [3.05, 3.63) is 45.5 Å². The zero-order valence-corrected chi connectivity index (χ0v) is 17.1. The molecular formula is C19H23F3N2OS2. The summed E-state index contributed by atoms with van der Waals surface area (Å²) >= 11 is 3.43. The van der Waals surface area contributed by atoms with E-state index in [1.807, 2.05) is 0 Å². The van der Waals surface area contributed by atoms with E-state index < -0.39 is 11.7 Å². The van der Waals surface area contributed by atoms with Crippen LogP contribution in [0.1, 0.15) is 27.3 Å². The average Bonchev–Trinajstić information content (AvgIpc) is 3.04. The molecule has 0 saturated carbocycles. The van der Waals surface area contributed by atoms with Gasteiger partial charge in [-0.15, -0.1) is 11.3 Å². The number of aromatic nitrogens is 1. The normalized spacial score (nSPS) is 15.4. The van der Waals surface area contributed by atoms with Crippen molar-refractivity contribution >= 4 is 28.2 Å². The van der Waals surface area contributed by atoms with Gasteiger partial charge in [0.2, 0.25) is 0 Å². The summed E-state index contributed by atoms with van der Waals surface area (Å²) in [6, 6.07) is 4.41. The van der Waals surface area contributed by atoms with Crippen molar-refractivity contribution < 1.29 is 17.9 Å². The smallest absolute Gasteiger partial charge is 0.378 e. The number of benzene rings is 1. The van der Waals surface area contributed by atoms with Crippen LogP contribution < -0.4 is 4.90 Å². The fourth-order valence-electron chi connectivity index (χ4n) is 3.15. The highest BCUT2D eigenvalue weighted by Gasteiger charge is 2.33. The molecule has 0 radical (unpaired) electrons. The summed E-state index contributed by atoms with van der Waals surface area (Å²) in [5.74, 6) is 0.972. The molecule has 1 aromatic heterocycles. The molecule has 0 aliphatic carbocycles. The maximum atomic E-state index is 13.2. The number of anilines is 1. The molecule has 1 saturated heterocycles. The van der Waals surface area contributed by atoms with Gasteiger partial charge in [-0.25, -0.2) is 4.98 Å². The number of alkyl halides is 3. The second kappa shape index (κ2) is 8.84. The SMILES string of the molecule is CSCCc1sc(N2CCOCC2)nc1Cc1cccc(C(F)(F)F)c1C. The van der Waals surface area contributed by atoms with Crippen LogP contribution in [0.5, 0.6) is 0 Å². The van der Waals surface area contributed by atoms with E-state index in [2.05, 4.69) is 11.2 Å². The van der Waals surface area contributed by atoms with Gasteiger partial charge in [0, 0.05) is 24.4 Å². The zero-order chi connectivity index (χ0) is 19.4. The molecule has 0 amide bonds. The minimum absolute atomic E-state index is 0.293. The summed E-state index contributed by atoms with van der Waals surface area (Å²) in [7, 11) is 0. The zero-order valence-electron chi connectivity index (χ0n) is 15.4. The van der Waals surface area contributed by atoms with Crippen LogP contribution in [0, 0.1) is 6.92 Å². The van der Waals surface area contributed by atoms with Gasteiger partial charge in [0.1, 0.15) is 0 Å². The molecule has 0 spiro atoms. The van der Waals surface area contributed by atoms with Crippen LogP contribution in [-0.2, 0) is 23.8 Å². The molecular weight excluding hydrogens is 393 g/mol. The van der Waals surface area contributed by atoms with E-state index in [4.69, 9.17) is 9.72 Å². The summed E-state index contributed by atoms with van der Waals surface area (Å²) < 4.78 is 45.1. The Balaban J connectivity index is 1.90. The summed E-state index contributed by atoms with van der Waals surface area (Å²) in [5.41, 5.74) is 1.32. The van der Waals surface area contributed by atoms with Crippen LogP contribution in [-0.4, -0.2) is 43.3 Å². The van der Waals surface area contributed by atoms with E-state index in [0.29, 0.717) is 30.8 Å². The number of ether oxygens (including phenoxy) is 1. The Bertz CT molecular complexity index is 771. The molecule has 0 unspecified atom stereocenters. The van der Waals surface area contributed by atoms with Gasteiger partial charge in [-0.3, -0.25) is 0 Å². The third kappa shape index (κ3) is 4.97. The topological polar surface area (TPSA) is 25.4 Å². The van der Waals surface area contributed by atoms with Gasteiger partial charge in [-0.2, -0.15) is 24.9 Å². The average molecular weight is 417 g/mol. The molecule has 148 valence electrons. The molecule has 0 atom stereocenters. The number of thiazole rings is 1.